The minimum Gasteiger partial charge on any atom is -0.355 e. The van der Waals surface area contributed by atoms with E-state index in [4.69, 9.17) is 5.84 Å². The second kappa shape index (κ2) is 6.54. The fourth-order valence-corrected chi connectivity index (χ4v) is 2.15. The molecule has 0 atom stereocenters. The smallest absolute Gasteiger partial charge is 0.145 e. The van der Waals surface area contributed by atoms with Gasteiger partial charge in [-0.1, -0.05) is 43.7 Å². The van der Waals surface area contributed by atoms with Crippen molar-refractivity contribution in [1.82, 2.24) is 9.97 Å². The summed E-state index contributed by atoms with van der Waals surface area (Å²) in [5, 5.41) is 0. The standard InChI is InChI=1S/C16H23N5/c1-11(2)16-18-14(20-17)9-15(19-16)21(4)10-13-7-5-6-12(3)8-13/h5-9,11H,10,17H2,1-4H3,(H,18,19,20). The zero-order valence-electron chi connectivity index (χ0n) is 13.1. The van der Waals surface area contributed by atoms with Gasteiger partial charge in [-0.2, -0.15) is 0 Å². The van der Waals surface area contributed by atoms with E-state index >= 15 is 0 Å². The molecule has 5 nitrogen and oxygen atoms in total. The largest absolute Gasteiger partial charge is 0.355 e. The molecule has 0 saturated carbocycles. The van der Waals surface area contributed by atoms with Gasteiger partial charge in [-0.25, -0.2) is 15.8 Å². The van der Waals surface area contributed by atoms with E-state index in [-0.39, 0.29) is 5.92 Å². The normalized spacial score (nSPS) is 10.8. The molecule has 1 aromatic carbocycles. The lowest BCUT2D eigenvalue weighted by atomic mass is 10.1. The maximum atomic E-state index is 5.50. The van der Waals surface area contributed by atoms with Crippen molar-refractivity contribution >= 4 is 11.6 Å². The highest BCUT2D eigenvalue weighted by atomic mass is 15.3. The third kappa shape index (κ3) is 3.92. The van der Waals surface area contributed by atoms with Gasteiger partial charge in [-0.15, -0.1) is 0 Å². The van der Waals surface area contributed by atoms with E-state index in [0.29, 0.717) is 5.82 Å². The molecule has 0 aliphatic heterocycles. The Hall–Kier alpha value is -2.14. The highest BCUT2D eigenvalue weighted by Gasteiger charge is 2.11. The number of rotatable bonds is 5. The Balaban J connectivity index is 2.25. The molecule has 0 bridgehead atoms. The molecule has 0 unspecified atom stereocenters. The van der Waals surface area contributed by atoms with Crippen molar-refractivity contribution in [1.29, 1.82) is 0 Å². The Labute approximate surface area is 126 Å². The van der Waals surface area contributed by atoms with E-state index in [9.17, 15) is 0 Å². The van der Waals surface area contributed by atoms with Gasteiger partial charge in [0.25, 0.3) is 0 Å². The maximum Gasteiger partial charge on any atom is 0.145 e. The Morgan fingerprint density at radius 1 is 1.24 bits per heavy atom. The second-order valence-electron chi connectivity index (χ2n) is 5.61. The minimum absolute atomic E-state index is 0.254. The van der Waals surface area contributed by atoms with Gasteiger partial charge in [-0.05, 0) is 12.5 Å². The fraction of sp³-hybridized carbons (Fsp3) is 0.375. The Bertz CT molecular complexity index is 609. The number of nitrogens with zero attached hydrogens (tertiary/aromatic N) is 3. The van der Waals surface area contributed by atoms with Crippen molar-refractivity contribution in [3.8, 4) is 0 Å². The third-order valence-electron chi connectivity index (χ3n) is 3.29. The van der Waals surface area contributed by atoms with Crippen molar-refractivity contribution in [2.45, 2.75) is 33.2 Å². The molecule has 0 amide bonds. The SMILES string of the molecule is Cc1cccc(CN(C)c2cc(NN)nc(C(C)C)n2)c1. The first-order valence-corrected chi connectivity index (χ1v) is 7.12. The van der Waals surface area contributed by atoms with Crippen molar-refractivity contribution in [3.63, 3.8) is 0 Å². The number of nitrogens with one attached hydrogen (secondary N) is 1. The Morgan fingerprint density at radius 3 is 2.62 bits per heavy atom. The monoisotopic (exact) mass is 285 g/mol. The number of hydrogen-bond donors (Lipinski definition) is 2. The number of anilines is 2. The van der Waals surface area contributed by atoms with Gasteiger partial charge in [0.15, 0.2) is 0 Å². The van der Waals surface area contributed by atoms with E-state index < -0.39 is 0 Å². The van der Waals surface area contributed by atoms with Gasteiger partial charge in [0.05, 0.1) is 0 Å². The van der Waals surface area contributed by atoms with Gasteiger partial charge >= 0.3 is 0 Å². The average Bonchev–Trinajstić information content (AvgIpc) is 2.46. The van der Waals surface area contributed by atoms with Gasteiger partial charge in [0, 0.05) is 25.6 Å². The number of aromatic nitrogens is 2. The molecule has 2 aromatic rings. The Kier molecular flexibility index (Phi) is 4.75. The molecule has 2 rings (SSSR count). The van der Waals surface area contributed by atoms with Crippen molar-refractivity contribution in [2.24, 2.45) is 5.84 Å². The molecule has 0 aliphatic rings. The number of aryl methyl sites for hydroxylation is 1. The number of nitrogen functional groups attached to an aromatic ring is 1. The first-order valence-electron chi connectivity index (χ1n) is 7.12. The van der Waals surface area contributed by atoms with Crippen molar-refractivity contribution in [2.75, 3.05) is 17.4 Å². The van der Waals surface area contributed by atoms with Crippen LogP contribution in [0.2, 0.25) is 0 Å². The zero-order chi connectivity index (χ0) is 15.4. The van der Waals surface area contributed by atoms with Crippen LogP contribution in [0.1, 0.15) is 36.7 Å². The molecule has 1 aromatic heterocycles. The predicted octanol–water partition coefficient (Wildman–Crippen LogP) is 2.83. The summed E-state index contributed by atoms with van der Waals surface area (Å²) in [5.74, 6) is 8.05. The quantitative estimate of drug-likeness (QED) is 0.653. The summed E-state index contributed by atoms with van der Waals surface area (Å²) in [5.41, 5.74) is 5.13. The molecular formula is C16H23N5. The lowest BCUT2D eigenvalue weighted by Crippen LogP contribution is -2.20. The number of benzene rings is 1. The summed E-state index contributed by atoms with van der Waals surface area (Å²) in [7, 11) is 2.02. The van der Waals surface area contributed by atoms with Crippen LogP contribution in [-0.4, -0.2) is 17.0 Å². The minimum atomic E-state index is 0.254. The van der Waals surface area contributed by atoms with Crippen LogP contribution < -0.4 is 16.2 Å². The van der Waals surface area contributed by atoms with Crippen LogP contribution in [0.4, 0.5) is 11.6 Å². The topological polar surface area (TPSA) is 67.1 Å². The van der Waals surface area contributed by atoms with Crippen LogP contribution >= 0.6 is 0 Å². The Morgan fingerprint density at radius 2 is 2.00 bits per heavy atom. The number of hydrogen-bond acceptors (Lipinski definition) is 5. The third-order valence-corrected chi connectivity index (χ3v) is 3.29. The van der Waals surface area contributed by atoms with Gasteiger partial charge in [0.2, 0.25) is 0 Å². The molecule has 0 spiro atoms. The van der Waals surface area contributed by atoms with E-state index in [2.05, 4.69) is 65.3 Å². The molecular weight excluding hydrogens is 262 g/mol. The summed E-state index contributed by atoms with van der Waals surface area (Å²) >= 11 is 0. The highest BCUT2D eigenvalue weighted by molar-refractivity contribution is 5.49. The van der Waals surface area contributed by atoms with Crippen LogP contribution in [0, 0.1) is 6.92 Å². The molecule has 0 aliphatic carbocycles. The first kappa shape index (κ1) is 15.3. The number of hydrazine groups is 1. The predicted molar refractivity (Wildman–Crippen MR) is 87.2 cm³/mol. The van der Waals surface area contributed by atoms with Crippen molar-refractivity contribution in [3.05, 3.63) is 47.3 Å². The second-order valence-corrected chi connectivity index (χ2v) is 5.61. The van der Waals surface area contributed by atoms with Gasteiger partial charge in [-0.3, -0.25) is 0 Å². The average molecular weight is 285 g/mol. The molecule has 5 heteroatoms. The summed E-state index contributed by atoms with van der Waals surface area (Å²) in [4.78, 5) is 11.1. The van der Waals surface area contributed by atoms with E-state index in [0.717, 1.165) is 18.2 Å². The molecule has 3 N–H and O–H groups in total. The lowest BCUT2D eigenvalue weighted by molar-refractivity contribution is 0.763. The molecule has 0 fully saturated rings. The summed E-state index contributed by atoms with van der Waals surface area (Å²) in [6.45, 7) is 7.03. The molecule has 0 radical (unpaired) electrons. The van der Waals surface area contributed by atoms with Crippen LogP contribution in [0.25, 0.3) is 0 Å². The zero-order valence-corrected chi connectivity index (χ0v) is 13.1. The summed E-state index contributed by atoms with van der Waals surface area (Å²) < 4.78 is 0. The summed E-state index contributed by atoms with van der Waals surface area (Å²) in [6, 6.07) is 10.3. The summed E-state index contributed by atoms with van der Waals surface area (Å²) in [6.07, 6.45) is 0. The van der Waals surface area contributed by atoms with Crippen LogP contribution in [0.5, 0.6) is 0 Å². The van der Waals surface area contributed by atoms with Crippen molar-refractivity contribution < 1.29 is 0 Å². The molecule has 0 saturated heterocycles. The fourth-order valence-electron chi connectivity index (χ4n) is 2.15. The van der Waals surface area contributed by atoms with E-state index in [1.54, 1.807) is 0 Å². The van der Waals surface area contributed by atoms with Crippen LogP contribution in [0.15, 0.2) is 30.3 Å². The molecule has 21 heavy (non-hydrogen) atoms. The van der Waals surface area contributed by atoms with Gasteiger partial charge < -0.3 is 10.3 Å². The lowest BCUT2D eigenvalue weighted by Gasteiger charge is -2.20. The van der Waals surface area contributed by atoms with Crippen LogP contribution in [-0.2, 0) is 6.54 Å². The van der Waals surface area contributed by atoms with Gasteiger partial charge in [0.1, 0.15) is 17.5 Å². The first-order chi connectivity index (χ1) is 9.99. The molecule has 1 heterocycles. The molecule has 112 valence electrons. The highest BCUT2D eigenvalue weighted by Crippen LogP contribution is 2.20. The van der Waals surface area contributed by atoms with E-state index in [1.807, 2.05) is 13.1 Å². The van der Waals surface area contributed by atoms with Crippen LogP contribution in [0.3, 0.4) is 0 Å². The van der Waals surface area contributed by atoms with E-state index in [1.165, 1.54) is 11.1 Å². The number of nitrogens with two attached hydrogens (primary N) is 1. The maximum absolute atomic E-state index is 5.50.